The molecule has 0 bridgehead atoms. The van der Waals surface area contributed by atoms with E-state index < -0.39 is 0 Å². The quantitative estimate of drug-likeness (QED) is 0.508. The van der Waals surface area contributed by atoms with Crippen molar-refractivity contribution in [3.8, 4) is 11.3 Å². The number of hydrogen-bond donors (Lipinski definition) is 1. The van der Waals surface area contributed by atoms with Crippen LogP contribution in [0.25, 0.3) is 0 Å². The zero-order valence-electron chi connectivity index (χ0n) is 7.60. The van der Waals surface area contributed by atoms with Crippen LogP contribution >= 0.6 is 11.8 Å². The normalized spacial score (nSPS) is 16.9. The lowest BCUT2D eigenvalue weighted by molar-refractivity contribution is 0.342. The highest BCUT2D eigenvalue weighted by atomic mass is 32.2. The van der Waals surface area contributed by atoms with E-state index in [-0.39, 0.29) is 0 Å². The molecule has 1 rings (SSSR count). The van der Waals surface area contributed by atoms with Crippen molar-refractivity contribution in [2.24, 2.45) is 0 Å². The lowest BCUT2D eigenvalue weighted by Gasteiger charge is -2.22. The molecule has 3 heteroatoms. The fourth-order valence-corrected chi connectivity index (χ4v) is 1.53. The van der Waals surface area contributed by atoms with Gasteiger partial charge in [0.1, 0.15) is 0 Å². The third kappa shape index (κ3) is 3.89. The summed E-state index contributed by atoms with van der Waals surface area (Å²) in [5.41, 5.74) is 0. The Kier molecular flexibility index (Phi) is 5.05. The molecule has 12 heavy (non-hydrogen) atoms. The van der Waals surface area contributed by atoms with E-state index in [1.165, 1.54) is 6.42 Å². The van der Waals surface area contributed by atoms with E-state index in [9.17, 15) is 0 Å². The molecular formula is C9H16N2S. The minimum atomic E-state index is 1.07. The Morgan fingerprint density at radius 1 is 1.42 bits per heavy atom. The van der Waals surface area contributed by atoms with Gasteiger partial charge in [-0.25, -0.2) is 0 Å². The summed E-state index contributed by atoms with van der Waals surface area (Å²) in [6, 6.07) is 3.16. The fraction of sp³-hybridized carbons (Fsp3) is 0.778. The molecule has 1 heterocycles. The topological polar surface area (TPSA) is 15.3 Å². The standard InChI is InChI=1S/C9H16N2S/c1-2-8-12-9-7-11-5-3-10-4-6-11/h10H,2-6,8H2,1H3. The van der Waals surface area contributed by atoms with Crippen LogP contribution in [0.2, 0.25) is 0 Å². The third-order valence-corrected chi connectivity index (χ3v) is 2.55. The average Bonchev–Trinajstić information content (AvgIpc) is 2.14. The lowest BCUT2D eigenvalue weighted by Crippen LogP contribution is -2.40. The Morgan fingerprint density at radius 2 is 2.17 bits per heavy atom. The van der Waals surface area contributed by atoms with Gasteiger partial charge >= 0.3 is 0 Å². The maximum atomic E-state index is 3.30. The van der Waals surface area contributed by atoms with E-state index >= 15 is 0 Å². The summed E-state index contributed by atoms with van der Waals surface area (Å²) in [4.78, 5) is 2.19. The van der Waals surface area contributed by atoms with Gasteiger partial charge in [0, 0.05) is 38.0 Å². The number of nitrogens with one attached hydrogen (secondary N) is 1. The second-order valence-corrected chi connectivity index (χ2v) is 3.70. The second kappa shape index (κ2) is 6.22. The van der Waals surface area contributed by atoms with Gasteiger partial charge in [-0.1, -0.05) is 18.7 Å². The van der Waals surface area contributed by atoms with Gasteiger partial charge in [0.15, 0.2) is 0 Å². The highest BCUT2D eigenvalue weighted by Gasteiger charge is 2.03. The molecule has 1 aliphatic heterocycles. The summed E-state index contributed by atoms with van der Waals surface area (Å²) < 4.78 is 0. The molecule has 0 saturated carbocycles. The Balaban J connectivity index is 2.13. The molecule has 68 valence electrons. The van der Waals surface area contributed by atoms with E-state index in [0.717, 1.165) is 31.9 Å². The zero-order chi connectivity index (χ0) is 8.65. The van der Waals surface area contributed by atoms with Crippen LogP contribution in [0.3, 0.4) is 0 Å². The zero-order valence-corrected chi connectivity index (χ0v) is 8.41. The smallest absolute Gasteiger partial charge is 0.0386 e. The minimum absolute atomic E-state index is 1.07. The van der Waals surface area contributed by atoms with Crippen molar-refractivity contribution in [2.45, 2.75) is 13.3 Å². The third-order valence-electron chi connectivity index (χ3n) is 1.70. The molecule has 0 aliphatic carbocycles. The summed E-state index contributed by atoms with van der Waals surface area (Å²) in [6.45, 7) is 6.47. The van der Waals surface area contributed by atoms with Crippen LogP contribution in [0.5, 0.6) is 0 Å². The molecule has 0 aromatic heterocycles. The Hall–Kier alpha value is -0.330. The van der Waals surface area contributed by atoms with Crippen molar-refractivity contribution in [3.63, 3.8) is 0 Å². The molecule has 0 aromatic rings. The van der Waals surface area contributed by atoms with Crippen molar-refractivity contribution in [3.05, 3.63) is 0 Å². The summed E-state index contributed by atoms with van der Waals surface area (Å²) in [5, 5.41) is 6.42. The molecular weight excluding hydrogens is 168 g/mol. The van der Waals surface area contributed by atoms with Gasteiger partial charge < -0.3 is 10.2 Å². The molecule has 0 atom stereocenters. The van der Waals surface area contributed by atoms with E-state index in [0.29, 0.717) is 0 Å². The molecule has 1 saturated heterocycles. The Morgan fingerprint density at radius 3 is 2.83 bits per heavy atom. The van der Waals surface area contributed by atoms with Crippen LogP contribution in [0.1, 0.15) is 13.3 Å². The van der Waals surface area contributed by atoms with Crippen LogP contribution < -0.4 is 5.32 Å². The molecule has 0 aromatic carbocycles. The predicted molar refractivity (Wildman–Crippen MR) is 55.0 cm³/mol. The summed E-state index contributed by atoms with van der Waals surface area (Å²) in [5.74, 6) is 1.15. The van der Waals surface area contributed by atoms with Gasteiger partial charge in [0.25, 0.3) is 0 Å². The monoisotopic (exact) mass is 184 g/mol. The summed E-state index contributed by atoms with van der Waals surface area (Å²) >= 11 is 1.72. The molecule has 2 nitrogen and oxygen atoms in total. The molecule has 0 amide bonds. The number of thioether (sulfide) groups is 1. The van der Waals surface area contributed by atoms with Gasteiger partial charge in [0.05, 0.1) is 0 Å². The Labute approximate surface area is 79.1 Å². The van der Waals surface area contributed by atoms with Gasteiger partial charge in [0.2, 0.25) is 0 Å². The number of hydrogen-bond acceptors (Lipinski definition) is 3. The summed E-state index contributed by atoms with van der Waals surface area (Å²) in [7, 11) is 0. The molecule has 0 spiro atoms. The minimum Gasteiger partial charge on any atom is -0.329 e. The lowest BCUT2D eigenvalue weighted by atomic mass is 10.4. The molecule has 0 unspecified atom stereocenters. The van der Waals surface area contributed by atoms with E-state index in [1.54, 1.807) is 11.8 Å². The van der Waals surface area contributed by atoms with Crippen molar-refractivity contribution in [2.75, 3.05) is 31.9 Å². The second-order valence-electron chi connectivity index (χ2n) is 2.80. The average molecular weight is 184 g/mol. The van der Waals surface area contributed by atoms with Crippen LogP contribution in [-0.4, -0.2) is 36.8 Å². The van der Waals surface area contributed by atoms with Crippen molar-refractivity contribution in [1.29, 1.82) is 0 Å². The van der Waals surface area contributed by atoms with Crippen molar-refractivity contribution in [1.82, 2.24) is 10.2 Å². The number of piperazine rings is 1. The SMILES string of the molecule is CCCSC#CN1CCNCC1. The van der Waals surface area contributed by atoms with Crippen molar-refractivity contribution < 1.29 is 0 Å². The number of rotatable bonds is 2. The Bertz CT molecular complexity index is 165. The van der Waals surface area contributed by atoms with Crippen LogP contribution in [0.15, 0.2) is 0 Å². The van der Waals surface area contributed by atoms with E-state index in [4.69, 9.17) is 0 Å². The van der Waals surface area contributed by atoms with Crippen LogP contribution in [0.4, 0.5) is 0 Å². The summed E-state index contributed by atoms with van der Waals surface area (Å²) in [6.07, 6.45) is 1.21. The molecule has 1 fully saturated rings. The maximum absolute atomic E-state index is 3.30. The molecule has 1 N–H and O–H groups in total. The van der Waals surface area contributed by atoms with E-state index in [1.807, 2.05) is 0 Å². The highest BCUT2D eigenvalue weighted by Crippen LogP contribution is 1.98. The largest absolute Gasteiger partial charge is 0.329 e. The number of nitrogens with zero attached hydrogens (tertiary/aromatic N) is 1. The highest BCUT2D eigenvalue weighted by molar-refractivity contribution is 8.03. The first kappa shape index (κ1) is 9.76. The first-order chi connectivity index (χ1) is 5.93. The molecule has 1 aliphatic rings. The first-order valence-corrected chi connectivity index (χ1v) is 5.50. The van der Waals surface area contributed by atoms with Crippen molar-refractivity contribution >= 4 is 11.8 Å². The van der Waals surface area contributed by atoms with Crippen LogP contribution in [0, 0.1) is 11.3 Å². The van der Waals surface area contributed by atoms with Gasteiger partial charge in [-0.05, 0) is 11.7 Å². The van der Waals surface area contributed by atoms with Gasteiger partial charge in [-0.2, -0.15) is 0 Å². The van der Waals surface area contributed by atoms with Gasteiger partial charge in [-0.15, -0.1) is 0 Å². The predicted octanol–water partition coefficient (Wildman–Crippen LogP) is 0.953. The first-order valence-electron chi connectivity index (χ1n) is 4.51. The van der Waals surface area contributed by atoms with Crippen LogP contribution in [-0.2, 0) is 0 Å². The maximum Gasteiger partial charge on any atom is 0.0386 e. The van der Waals surface area contributed by atoms with Gasteiger partial charge in [-0.3, -0.25) is 0 Å². The van der Waals surface area contributed by atoms with E-state index in [2.05, 4.69) is 28.4 Å². The molecule has 0 radical (unpaired) electrons. The fourth-order valence-electron chi connectivity index (χ4n) is 1.03.